The zero-order valence-corrected chi connectivity index (χ0v) is 7.00. The van der Waals surface area contributed by atoms with Crippen molar-refractivity contribution in [1.29, 1.82) is 0 Å². The van der Waals surface area contributed by atoms with Crippen molar-refractivity contribution in [3.8, 4) is 0 Å². The van der Waals surface area contributed by atoms with Gasteiger partial charge in [0.15, 0.2) is 0 Å². The molecule has 0 aromatic rings. The van der Waals surface area contributed by atoms with Crippen LogP contribution in [0.4, 0.5) is 0 Å². The molecule has 0 fully saturated rings. The van der Waals surface area contributed by atoms with E-state index >= 15 is 0 Å². The predicted molar refractivity (Wildman–Crippen MR) is 43.8 cm³/mol. The van der Waals surface area contributed by atoms with Crippen LogP contribution in [-0.4, -0.2) is 6.29 Å². The molecule has 58 valence electrons. The first-order valence-corrected chi connectivity index (χ1v) is 3.84. The van der Waals surface area contributed by atoms with E-state index in [-0.39, 0.29) is 0 Å². The first-order chi connectivity index (χ1) is 4.72. The van der Waals surface area contributed by atoms with Crippen LogP contribution in [0.1, 0.15) is 27.2 Å². The van der Waals surface area contributed by atoms with Crippen molar-refractivity contribution < 1.29 is 4.79 Å². The van der Waals surface area contributed by atoms with Gasteiger partial charge in [-0.2, -0.15) is 0 Å². The fourth-order valence-corrected chi connectivity index (χ4v) is 0.782. The Balaban J connectivity index is 3.70. The van der Waals surface area contributed by atoms with E-state index < -0.39 is 0 Å². The highest BCUT2D eigenvalue weighted by molar-refractivity contribution is 5.64. The molecule has 2 atom stereocenters. The molecule has 0 unspecified atom stereocenters. The summed E-state index contributed by atoms with van der Waals surface area (Å²) in [6, 6.07) is 0. The number of allylic oxidation sites excluding steroid dienone is 2. The van der Waals surface area contributed by atoms with Gasteiger partial charge in [-0.15, -0.1) is 0 Å². The molecule has 0 N–H and O–H groups in total. The molecular formula is C9H16O. The molecule has 0 aromatic carbocycles. The Morgan fingerprint density at radius 3 is 2.40 bits per heavy atom. The summed E-state index contributed by atoms with van der Waals surface area (Å²) in [5.74, 6) is 1.20. The summed E-state index contributed by atoms with van der Waals surface area (Å²) >= 11 is 0. The standard InChI is InChI=1S/C9H16O/c1-4-8(2)9(3)6-5-7-10/h5-9H,4H2,1-3H3/b6-5-/t8-,9+/m0/s1. The third-order valence-corrected chi connectivity index (χ3v) is 2.03. The van der Waals surface area contributed by atoms with Gasteiger partial charge in [0.2, 0.25) is 0 Å². The van der Waals surface area contributed by atoms with Gasteiger partial charge >= 0.3 is 0 Å². The second-order valence-corrected chi connectivity index (χ2v) is 2.77. The van der Waals surface area contributed by atoms with Crippen LogP contribution in [0.3, 0.4) is 0 Å². The third-order valence-electron chi connectivity index (χ3n) is 2.03. The number of rotatable bonds is 4. The maximum absolute atomic E-state index is 9.93. The first-order valence-electron chi connectivity index (χ1n) is 3.84. The van der Waals surface area contributed by atoms with Gasteiger partial charge in [-0.1, -0.05) is 33.3 Å². The van der Waals surface area contributed by atoms with Crippen LogP contribution in [0.2, 0.25) is 0 Å². The van der Waals surface area contributed by atoms with E-state index in [4.69, 9.17) is 0 Å². The normalized spacial score (nSPS) is 17.1. The van der Waals surface area contributed by atoms with Crippen LogP contribution >= 0.6 is 0 Å². The van der Waals surface area contributed by atoms with Crippen molar-refractivity contribution in [3.63, 3.8) is 0 Å². The zero-order chi connectivity index (χ0) is 7.98. The molecule has 0 heterocycles. The van der Waals surface area contributed by atoms with E-state index in [1.54, 1.807) is 6.08 Å². The van der Waals surface area contributed by atoms with Crippen molar-refractivity contribution in [2.24, 2.45) is 11.8 Å². The van der Waals surface area contributed by atoms with Crippen LogP contribution < -0.4 is 0 Å². The fraction of sp³-hybridized carbons (Fsp3) is 0.667. The summed E-state index contributed by atoms with van der Waals surface area (Å²) in [4.78, 5) is 9.93. The summed E-state index contributed by atoms with van der Waals surface area (Å²) in [6.45, 7) is 6.49. The lowest BCUT2D eigenvalue weighted by Gasteiger charge is -2.12. The molecule has 1 nitrogen and oxygen atoms in total. The monoisotopic (exact) mass is 140 g/mol. The van der Waals surface area contributed by atoms with Gasteiger partial charge < -0.3 is 0 Å². The van der Waals surface area contributed by atoms with E-state index in [2.05, 4.69) is 20.8 Å². The molecule has 0 aliphatic rings. The molecule has 0 amide bonds. The molecule has 0 rings (SSSR count). The predicted octanol–water partition coefficient (Wildman–Crippen LogP) is 2.42. The third kappa shape index (κ3) is 3.44. The number of carbonyl (C=O) groups is 1. The second kappa shape index (κ2) is 5.21. The Morgan fingerprint density at radius 2 is 2.00 bits per heavy atom. The number of hydrogen-bond donors (Lipinski definition) is 0. The molecule has 0 aliphatic carbocycles. The topological polar surface area (TPSA) is 17.1 Å². The Labute approximate surface area is 63.1 Å². The highest BCUT2D eigenvalue weighted by Gasteiger charge is 2.04. The van der Waals surface area contributed by atoms with Crippen molar-refractivity contribution in [2.75, 3.05) is 0 Å². The average molecular weight is 140 g/mol. The van der Waals surface area contributed by atoms with E-state index in [0.717, 1.165) is 6.29 Å². The highest BCUT2D eigenvalue weighted by atomic mass is 16.1. The van der Waals surface area contributed by atoms with Crippen molar-refractivity contribution in [1.82, 2.24) is 0 Å². The summed E-state index contributed by atoms with van der Waals surface area (Å²) < 4.78 is 0. The maximum atomic E-state index is 9.93. The summed E-state index contributed by atoms with van der Waals surface area (Å²) in [5.41, 5.74) is 0. The summed E-state index contributed by atoms with van der Waals surface area (Å²) in [5, 5.41) is 0. The van der Waals surface area contributed by atoms with E-state index in [9.17, 15) is 4.79 Å². The number of aldehydes is 1. The number of hydrogen-bond acceptors (Lipinski definition) is 1. The minimum atomic E-state index is 0.523. The Morgan fingerprint density at radius 1 is 1.40 bits per heavy atom. The lowest BCUT2D eigenvalue weighted by Crippen LogP contribution is -2.02. The largest absolute Gasteiger partial charge is 0.299 e. The lowest BCUT2D eigenvalue weighted by atomic mass is 9.93. The molecule has 1 heteroatoms. The van der Waals surface area contributed by atoms with Crippen LogP contribution in [-0.2, 0) is 4.79 Å². The van der Waals surface area contributed by atoms with E-state index in [1.807, 2.05) is 6.08 Å². The maximum Gasteiger partial charge on any atom is 0.142 e. The lowest BCUT2D eigenvalue weighted by molar-refractivity contribution is -0.104. The van der Waals surface area contributed by atoms with Crippen molar-refractivity contribution >= 4 is 6.29 Å². The van der Waals surface area contributed by atoms with Gasteiger partial charge in [-0.05, 0) is 17.9 Å². The van der Waals surface area contributed by atoms with Gasteiger partial charge in [0.1, 0.15) is 6.29 Å². The van der Waals surface area contributed by atoms with Gasteiger partial charge in [-0.3, -0.25) is 4.79 Å². The van der Waals surface area contributed by atoms with Crippen LogP contribution in [0.15, 0.2) is 12.2 Å². The molecule has 0 saturated heterocycles. The Hall–Kier alpha value is -0.590. The molecule has 0 radical (unpaired) electrons. The zero-order valence-electron chi connectivity index (χ0n) is 7.00. The average Bonchev–Trinajstić information content (AvgIpc) is 1.98. The Kier molecular flexibility index (Phi) is 4.91. The summed E-state index contributed by atoms with van der Waals surface area (Å²) in [6.07, 6.45) is 5.54. The first kappa shape index (κ1) is 9.41. The van der Waals surface area contributed by atoms with Gasteiger partial charge in [0.25, 0.3) is 0 Å². The molecular weight excluding hydrogens is 124 g/mol. The van der Waals surface area contributed by atoms with Crippen LogP contribution in [0.25, 0.3) is 0 Å². The minimum absolute atomic E-state index is 0.523. The highest BCUT2D eigenvalue weighted by Crippen LogP contribution is 2.14. The van der Waals surface area contributed by atoms with Gasteiger partial charge in [0, 0.05) is 0 Å². The van der Waals surface area contributed by atoms with Gasteiger partial charge in [0.05, 0.1) is 0 Å². The molecule has 0 aliphatic heterocycles. The fourth-order valence-electron chi connectivity index (χ4n) is 0.782. The molecule has 0 spiro atoms. The van der Waals surface area contributed by atoms with Crippen LogP contribution in [0, 0.1) is 11.8 Å². The molecule has 0 aromatic heterocycles. The van der Waals surface area contributed by atoms with Crippen molar-refractivity contribution in [2.45, 2.75) is 27.2 Å². The quantitative estimate of drug-likeness (QED) is 0.433. The number of carbonyl (C=O) groups excluding carboxylic acids is 1. The van der Waals surface area contributed by atoms with Gasteiger partial charge in [-0.25, -0.2) is 0 Å². The van der Waals surface area contributed by atoms with Crippen molar-refractivity contribution in [3.05, 3.63) is 12.2 Å². The minimum Gasteiger partial charge on any atom is -0.299 e. The SMILES string of the molecule is CC[C@H](C)[C@H](C)/C=C\C=O. The Bertz CT molecular complexity index is 116. The van der Waals surface area contributed by atoms with Crippen LogP contribution in [0.5, 0.6) is 0 Å². The smallest absolute Gasteiger partial charge is 0.142 e. The van der Waals surface area contributed by atoms with E-state index in [1.165, 1.54) is 6.42 Å². The van der Waals surface area contributed by atoms with E-state index in [0.29, 0.717) is 11.8 Å². The molecule has 10 heavy (non-hydrogen) atoms. The summed E-state index contributed by atoms with van der Waals surface area (Å²) in [7, 11) is 0. The molecule has 0 saturated carbocycles. The second-order valence-electron chi connectivity index (χ2n) is 2.77. The molecule has 0 bridgehead atoms.